The maximum atomic E-state index is 9.66. The van der Waals surface area contributed by atoms with Crippen LogP contribution in [0.4, 0.5) is 5.13 Å². The molecule has 1 fully saturated rings. The van der Waals surface area contributed by atoms with Crippen molar-refractivity contribution in [3.63, 3.8) is 0 Å². The summed E-state index contributed by atoms with van der Waals surface area (Å²) < 4.78 is 0. The number of aldehydes is 1. The van der Waals surface area contributed by atoms with E-state index < -0.39 is 0 Å². The van der Waals surface area contributed by atoms with Gasteiger partial charge in [0, 0.05) is 18.8 Å². The van der Waals surface area contributed by atoms with E-state index in [1.807, 2.05) is 20.9 Å². The molecule has 2 aromatic heterocycles. The topological polar surface area (TPSA) is 54.9 Å². The Balaban J connectivity index is 0.000000205. The van der Waals surface area contributed by atoms with Gasteiger partial charge in [-0.05, 0) is 32.6 Å². The minimum Gasteiger partial charge on any atom is -0.365 e. The van der Waals surface area contributed by atoms with Crippen molar-refractivity contribution in [2.24, 2.45) is 5.92 Å². The molecule has 0 spiro atoms. The molecule has 4 nitrogen and oxygen atoms in total. The first-order chi connectivity index (χ1) is 9.63. The Morgan fingerprint density at radius 3 is 2.55 bits per heavy atom. The summed E-state index contributed by atoms with van der Waals surface area (Å²) >= 11 is 3.32. The van der Waals surface area contributed by atoms with E-state index in [1.165, 1.54) is 17.7 Å². The van der Waals surface area contributed by atoms with E-state index in [0.717, 1.165) is 40.2 Å². The number of hydrogen-bond acceptors (Lipinski definition) is 6. The second kappa shape index (κ2) is 6.95. The molecular formula is C14H19N3OS2. The number of carbonyl (C=O) groups excluding carboxylic acids is 1. The summed E-state index contributed by atoms with van der Waals surface area (Å²) in [5.74, 6) is 0.780. The summed E-state index contributed by atoms with van der Waals surface area (Å²) in [6, 6.07) is 0. The van der Waals surface area contributed by atoms with Crippen LogP contribution in [0.3, 0.4) is 0 Å². The summed E-state index contributed by atoms with van der Waals surface area (Å²) in [6.45, 7) is 4.05. The highest BCUT2D eigenvalue weighted by molar-refractivity contribution is 7.16. The average molecular weight is 309 g/mol. The number of aryl methyl sites for hydroxylation is 2. The van der Waals surface area contributed by atoms with Crippen LogP contribution < -0.4 is 5.32 Å². The van der Waals surface area contributed by atoms with E-state index in [2.05, 4.69) is 20.7 Å². The van der Waals surface area contributed by atoms with E-state index in [4.69, 9.17) is 0 Å². The van der Waals surface area contributed by atoms with Crippen LogP contribution >= 0.6 is 22.7 Å². The highest BCUT2D eigenvalue weighted by Crippen LogP contribution is 2.32. The van der Waals surface area contributed by atoms with Crippen LogP contribution in [0.25, 0.3) is 10.6 Å². The summed E-state index contributed by atoms with van der Waals surface area (Å²) in [7, 11) is 1.88. The molecule has 0 bridgehead atoms. The Bertz CT molecular complexity index is 573. The Morgan fingerprint density at radius 1 is 1.40 bits per heavy atom. The van der Waals surface area contributed by atoms with Crippen molar-refractivity contribution < 1.29 is 4.79 Å². The zero-order valence-corrected chi connectivity index (χ0v) is 13.6. The monoisotopic (exact) mass is 309 g/mol. The number of anilines is 1. The fraction of sp³-hybridized carbons (Fsp3) is 0.500. The summed E-state index contributed by atoms with van der Waals surface area (Å²) in [5, 5.41) is 7.14. The number of nitrogens with zero attached hydrogens (tertiary/aromatic N) is 2. The van der Waals surface area contributed by atoms with Crippen LogP contribution in [0.2, 0.25) is 0 Å². The van der Waals surface area contributed by atoms with E-state index in [9.17, 15) is 4.79 Å². The first-order valence-corrected chi connectivity index (χ1v) is 8.35. The molecule has 0 saturated heterocycles. The zero-order chi connectivity index (χ0) is 14.5. The second-order valence-corrected chi connectivity index (χ2v) is 6.84. The van der Waals surface area contributed by atoms with Gasteiger partial charge in [0.15, 0.2) is 5.13 Å². The van der Waals surface area contributed by atoms with Crippen molar-refractivity contribution in [3.05, 3.63) is 16.1 Å². The standard InChI is InChI=1S/C9H11N3S2.C5H8O/c1-5-8(14-6(2)11-5)7-4-13-9(10-3)12-7;6-4-3-5-1-2-5/h4H,1-3H3,(H,10,12);4-5H,1-3H2. The summed E-state index contributed by atoms with van der Waals surface area (Å²) in [4.78, 5) is 19.7. The van der Waals surface area contributed by atoms with Gasteiger partial charge in [0.25, 0.3) is 0 Å². The van der Waals surface area contributed by atoms with Gasteiger partial charge in [-0.15, -0.1) is 22.7 Å². The molecule has 1 aliphatic rings. The maximum Gasteiger partial charge on any atom is 0.182 e. The van der Waals surface area contributed by atoms with Crippen molar-refractivity contribution in [2.75, 3.05) is 12.4 Å². The molecule has 20 heavy (non-hydrogen) atoms. The normalized spacial score (nSPS) is 13.6. The van der Waals surface area contributed by atoms with Crippen molar-refractivity contribution >= 4 is 34.1 Å². The van der Waals surface area contributed by atoms with Crippen molar-refractivity contribution in [2.45, 2.75) is 33.1 Å². The SMILES string of the molecule is CNc1nc(-c2sc(C)nc2C)cs1.O=CCC1CC1. The molecule has 0 radical (unpaired) electrons. The molecule has 108 valence electrons. The van der Waals surface area contributed by atoms with Crippen molar-refractivity contribution in [3.8, 4) is 10.6 Å². The lowest BCUT2D eigenvalue weighted by Gasteiger charge is -1.91. The third kappa shape index (κ3) is 4.11. The van der Waals surface area contributed by atoms with Gasteiger partial charge >= 0.3 is 0 Å². The largest absolute Gasteiger partial charge is 0.365 e. The Hall–Kier alpha value is -1.27. The maximum absolute atomic E-state index is 9.66. The Labute approximate surface area is 127 Å². The number of nitrogens with one attached hydrogen (secondary N) is 1. The molecule has 1 saturated carbocycles. The quantitative estimate of drug-likeness (QED) is 0.870. The highest BCUT2D eigenvalue weighted by Gasteiger charge is 2.19. The van der Waals surface area contributed by atoms with E-state index in [0.29, 0.717) is 0 Å². The van der Waals surface area contributed by atoms with Crippen molar-refractivity contribution in [1.82, 2.24) is 9.97 Å². The van der Waals surface area contributed by atoms with Gasteiger partial charge in [-0.1, -0.05) is 0 Å². The second-order valence-electron chi connectivity index (χ2n) is 4.78. The number of thiazole rings is 2. The molecule has 0 amide bonds. The molecular weight excluding hydrogens is 290 g/mol. The van der Waals surface area contributed by atoms with Crippen LogP contribution in [-0.4, -0.2) is 23.3 Å². The Morgan fingerprint density at radius 2 is 2.15 bits per heavy atom. The van der Waals surface area contributed by atoms with Gasteiger partial charge < -0.3 is 10.1 Å². The number of carbonyl (C=O) groups is 1. The third-order valence-electron chi connectivity index (χ3n) is 2.98. The first kappa shape index (κ1) is 15.1. The summed E-state index contributed by atoms with van der Waals surface area (Å²) in [6.07, 6.45) is 4.40. The molecule has 1 aliphatic carbocycles. The lowest BCUT2D eigenvalue weighted by Crippen LogP contribution is -1.85. The van der Waals surface area contributed by atoms with Gasteiger partial charge in [0.2, 0.25) is 0 Å². The fourth-order valence-corrected chi connectivity index (χ4v) is 3.37. The molecule has 0 atom stereocenters. The Kier molecular flexibility index (Phi) is 5.25. The van der Waals surface area contributed by atoms with E-state index in [-0.39, 0.29) is 0 Å². The van der Waals surface area contributed by atoms with Crippen LogP contribution in [0.5, 0.6) is 0 Å². The van der Waals surface area contributed by atoms with Gasteiger partial charge in [-0.3, -0.25) is 0 Å². The number of aromatic nitrogens is 2. The predicted molar refractivity (Wildman–Crippen MR) is 85.6 cm³/mol. The van der Waals surface area contributed by atoms with E-state index >= 15 is 0 Å². The lowest BCUT2D eigenvalue weighted by atomic mass is 10.3. The third-order valence-corrected chi connectivity index (χ3v) is 4.94. The van der Waals surface area contributed by atoms with Gasteiger partial charge in [-0.2, -0.15) is 0 Å². The smallest absolute Gasteiger partial charge is 0.182 e. The average Bonchev–Trinajstić information content (AvgIpc) is 3.01. The molecule has 6 heteroatoms. The van der Waals surface area contributed by atoms with Crippen LogP contribution in [-0.2, 0) is 4.79 Å². The highest BCUT2D eigenvalue weighted by atomic mass is 32.1. The van der Waals surface area contributed by atoms with Gasteiger partial charge in [-0.25, -0.2) is 9.97 Å². The molecule has 2 aromatic rings. The minimum absolute atomic E-state index is 0.780. The fourth-order valence-electron chi connectivity index (χ4n) is 1.75. The first-order valence-electron chi connectivity index (χ1n) is 6.65. The van der Waals surface area contributed by atoms with Gasteiger partial charge in [0.05, 0.1) is 21.3 Å². The van der Waals surface area contributed by atoms with Crippen LogP contribution in [0.15, 0.2) is 5.38 Å². The molecule has 3 rings (SSSR count). The van der Waals surface area contributed by atoms with Gasteiger partial charge in [0.1, 0.15) is 6.29 Å². The molecule has 0 aliphatic heterocycles. The van der Waals surface area contributed by atoms with Crippen LogP contribution in [0, 0.1) is 19.8 Å². The number of hydrogen-bond donors (Lipinski definition) is 1. The number of rotatable bonds is 4. The molecule has 1 N–H and O–H groups in total. The van der Waals surface area contributed by atoms with Crippen molar-refractivity contribution in [1.29, 1.82) is 0 Å². The molecule has 0 unspecified atom stereocenters. The molecule has 0 aromatic carbocycles. The summed E-state index contributed by atoms with van der Waals surface area (Å²) in [5.41, 5.74) is 2.10. The lowest BCUT2D eigenvalue weighted by molar-refractivity contribution is -0.108. The zero-order valence-electron chi connectivity index (χ0n) is 12.0. The predicted octanol–water partition coefficient (Wildman–Crippen LogP) is 3.91. The minimum atomic E-state index is 0.780. The van der Waals surface area contributed by atoms with E-state index in [1.54, 1.807) is 22.7 Å². The molecule has 2 heterocycles. The van der Waals surface area contributed by atoms with Crippen LogP contribution in [0.1, 0.15) is 30.0 Å².